The van der Waals surface area contributed by atoms with Crippen molar-refractivity contribution in [3.05, 3.63) is 22.7 Å². The van der Waals surface area contributed by atoms with Crippen molar-refractivity contribution in [1.29, 1.82) is 0 Å². The van der Waals surface area contributed by atoms with Crippen molar-refractivity contribution in [3.8, 4) is 11.5 Å². The minimum Gasteiger partial charge on any atom is -0.454 e. The maximum Gasteiger partial charge on any atom is 0.231 e. The van der Waals surface area contributed by atoms with Crippen LogP contribution in [0.4, 0.5) is 0 Å². The standard InChI is InChI=1S/C14H16ClNO4/c1-8(16(9(2)17)10(3)18)4-11-5-13-14(6-12(11)15)20-7-19-13/h5-6,8H,4,7H2,1-3H3. The summed E-state index contributed by atoms with van der Waals surface area (Å²) in [6.07, 6.45) is 0.467. The Morgan fingerprint density at radius 1 is 1.25 bits per heavy atom. The zero-order valence-electron chi connectivity index (χ0n) is 11.6. The fourth-order valence-corrected chi connectivity index (χ4v) is 2.60. The van der Waals surface area contributed by atoms with Crippen LogP contribution in [0.25, 0.3) is 0 Å². The minimum absolute atomic E-state index is 0.178. The number of hydrogen-bond acceptors (Lipinski definition) is 4. The molecule has 108 valence electrons. The molecular weight excluding hydrogens is 282 g/mol. The quantitative estimate of drug-likeness (QED) is 0.859. The second-order valence-electron chi connectivity index (χ2n) is 4.76. The predicted molar refractivity (Wildman–Crippen MR) is 73.9 cm³/mol. The topological polar surface area (TPSA) is 55.8 Å². The number of rotatable bonds is 3. The lowest BCUT2D eigenvalue weighted by Crippen LogP contribution is -2.41. The van der Waals surface area contributed by atoms with Crippen molar-refractivity contribution < 1.29 is 19.1 Å². The second-order valence-corrected chi connectivity index (χ2v) is 5.17. The molecule has 0 fully saturated rings. The van der Waals surface area contributed by atoms with Crippen molar-refractivity contribution in [2.24, 2.45) is 0 Å². The van der Waals surface area contributed by atoms with Gasteiger partial charge in [0.05, 0.1) is 0 Å². The summed E-state index contributed by atoms with van der Waals surface area (Å²) in [5, 5.41) is 0.535. The van der Waals surface area contributed by atoms with E-state index in [1.54, 1.807) is 12.1 Å². The van der Waals surface area contributed by atoms with E-state index in [1.807, 2.05) is 6.92 Å². The zero-order chi connectivity index (χ0) is 14.9. The predicted octanol–water partition coefficient (Wildman–Crippen LogP) is 2.39. The van der Waals surface area contributed by atoms with E-state index in [0.717, 1.165) is 5.56 Å². The number of benzene rings is 1. The summed E-state index contributed by atoms with van der Waals surface area (Å²) in [4.78, 5) is 24.3. The Bertz CT molecular complexity index is 544. The van der Waals surface area contributed by atoms with Crippen LogP contribution in [0, 0.1) is 0 Å². The molecule has 0 aliphatic carbocycles. The van der Waals surface area contributed by atoms with Gasteiger partial charge in [0.1, 0.15) is 0 Å². The first kappa shape index (κ1) is 14.7. The average molecular weight is 298 g/mol. The van der Waals surface area contributed by atoms with Crippen LogP contribution < -0.4 is 9.47 Å². The smallest absolute Gasteiger partial charge is 0.231 e. The van der Waals surface area contributed by atoms with E-state index < -0.39 is 0 Å². The molecule has 0 spiro atoms. The Morgan fingerprint density at radius 3 is 2.35 bits per heavy atom. The van der Waals surface area contributed by atoms with E-state index >= 15 is 0 Å². The van der Waals surface area contributed by atoms with Gasteiger partial charge in [-0.2, -0.15) is 0 Å². The third kappa shape index (κ3) is 2.88. The highest BCUT2D eigenvalue weighted by molar-refractivity contribution is 6.31. The van der Waals surface area contributed by atoms with Crippen LogP contribution in [-0.2, 0) is 16.0 Å². The van der Waals surface area contributed by atoms with Crippen LogP contribution in [0.1, 0.15) is 26.3 Å². The maximum atomic E-state index is 11.5. The molecule has 0 radical (unpaired) electrons. The van der Waals surface area contributed by atoms with Gasteiger partial charge in [-0.1, -0.05) is 11.6 Å². The summed E-state index contributed by atoms with van der Waals surface area (Å²) < 4.78 is 10.5. The lowest BCUT2D eigenvalue weighted by molar-refractivity contribution is -0.144. The summed E-state index contributed by atoms with van der Waals surface area (Å²) in [5.41, 5.74) is 0.816. The summed E-state index contributed by atoms with van der Waals surface area (Å²) >= 11 is 6.19. The number of amides is 2. The van der Waals surface area contributed by atoms with Gasteiger partial charge in [0.15, 0.2) is 11.5 Å². The summed E-state index contributed by atoms with van der Waals surface area (Å²) in [7, 11) is 0. The number of imide groups is 1. The first-order chi connectivity index (χ1) is 9.40. The Labute approximate surface area is 122 Å². The Balaban J connectivity index is 2.21. The summed E-state index contributed by atoms with van der Waals surface area (Å²) in [6.45, 7) is 4.74. The normalized spacial score (nSPS) is 14.0. The Kier molecular flexibility index (Phi) is 4.18. The van der Waals surface area contributed by atoms with Crippen molar-refractivity contribution in [2.45, 2.75) is 33.2 Å². The van der Waals surface area contributed by atoms with Gasteiger partial charge >= 0.3 is 0 Å². The molecule has 1 aromatic rings. The van der Waals surface area contributed by atoms with Crippen LogP contribution in [0.2, 0.25) is 5.02 Å². The average Bonchev–Trinajstić information content (AvgIpc) is 2.75. The van der Waals surface area contributed by atoms with E-state index in [0.29, 0.717) is 22.9 Å². The Hall–Kier alpha value is -1.75. The number of hydrogen-bond donors (Lipinski definition) is 0. The fraction of sp³-hybridized carbons (Fsp3) is 0.429. The monoisotopic (exact) mass is 297 g/mol. The van der Waals surface area contributed by atoms with Crippen LogP contribution in [0.3, 0.4) is 0 Å². The van der Waals surface area contributed by atoms with Gasteiger partial charge in [-0.3, -0.25) is 14.5 Å². The molecule has 1 aliphatic heterocycles. The first-order valence-corrected chi connectivity index (χ1v) is 6.66. The molecule has 2 rings (SSSR count). The number of fused-ring (bicyclic) bond motifs is 1. The molecule has 1 aromatic carbocycles. The summed E-state index contributed by atoms with van der Waals surface area (Å²) in [6, 6.07) is 3.21. The number of ether oxygens (including phenoxy) is 2. The van der Waals surface area contributed by atoms with E-state index in [2.05, 4.69) is 0 Å². The fourth-order valence-electron chi connectivity index (χ4n) is 2.37. The molecule has 1 heterocycles. The molecular formula is C14H16ClNO4. The van der Waals surface area contributed by atoms with Crippen LogP contribution in [0.15, 0.2) is 12.1 Å². The molecule has 1 unspecified atom stereocenters. The van der Waals surface area contributed by atoms with Crippen molar-refractivity contribution in [1.82, 2.24) is 4.90 Å². The van der Waals surface area contributed by atoms with Gasteiger partial charge in [0, 0.05) is 31.0 Å². The highest BCUT2D eigenvalue weighted by atomic mass is 35.5. The summed E-state index contributed by atoms with van der Waals surface area (Å²) in [5.74, 6) is 0.693. The highest BCUT2D eigenvalue weighted by Gasteiger charge is 2.23. The third-order valence-corrected chi connectivity index (χ3v) is 3.53. The molecule has 1 atom stereocenters. The molecule has 0 N–H and O–H groups in total. The lowest BCUT2D eigenvalue weighted by Gasteiger charge is -2.25. The van der Waals surface area contributed by atoms with E-state index in [9.17, 15) is 9.59 Å². The molecule has 0 bridgehead atoms. The SMILES string of the molecule is CC(=O)N(C(C)=O)C(C)Cc1cc2c(cc1Cl)OCO2. The number of nitrogens with zero attached hydrogens (tertiary/aromatic N) is 1. The van der Waals surface area contributed by atoms with Gasteiger partial charge in [0.2, 0.25) is 18.6 Å². The van der Waals surface area contributed by atoms with Crippen molar-refractivity contribution >= 4 is 23.4 Å². The third-order valence-electron chi connectivity index (χ3n) is 3.18. The number of carbonyl (C=O) groups is 2. The van der Waals surface area contributed by atoms with E-state index in [4.69, 9.17) is 21.1 Å². The maximum absolute atomic E-state index is 11.5. The molecule has 0 saturated carbocycles. The van der Waals surface area contributed by atoms with E-state index in [-0.39, 0.29) is 24.6 Å². The van der Waals surface area contributed by atoms with Crippen LogP contribution >= 0.6 is 11.6 Å². The molecule has 20 heavy (non-hydrogen) atoms. The van der Waals surface area contributed by atoms with Crippen molar-refractivity contribution in [2.75, 3.05) is 6.79 Å². The van der Waals surface area contributed by atoms with Gasteiger partial charge in [-0.05, 0) is 25.0 Å². The molecule has 1 aliphatic rings. The van der Waals surface area contributed by atoms with Gasteiger partial charge in [0.25, 0.3) is 0 Å². The largest absolute Gasteiger partial charge is 0.454 e. The molecule has 0 aromatic heterocycles. The molecule has 2 amide bonds. The Morgan fingerprint density at radius 2 is 1.80 bits per heavy atom. The molecule has 6 heteroatoms. The van der Waals surface area contributed by atoms with Crippen LogP contribution in [-0.4, -0.2) is 29.5 Å². The molecule has 0 saturated heterocycles. The van der Waals surface area contributed by atoms with Crippen LogP contribution in [0.5, 0.6) is 11.5 Å². The van der Waals surface area contributed by atoms with Gasteiger partial charge < -0.3 is 9.47 Å². The lowest BCUT2D eigenvalue weighted by atomic mass is 10.0. The molecule has 5 nitrogen and oxygen atoms in total. The number of halogens is 1. The van der Waals surface area contributed by atoms with E-state index in [1.165, 1.54) is 18.7 Å². The minimum atomic E-state index is -0.276. The zero-order valence-corrected chi connectivity index (χ0v) is 12.4. The highest BCUT2D eigenvalue weighted by Crippen LogP contribution is 2.37. The van der Waals surface area contributed by atoms with Crippen molar-refractivity contribution in [3.63, 3.8) is 0 Å². The number of carbonyl (C=O) groups excluding carboxylic acids is 2. The van der Waals surface area contributed by atoms with Gasteiger partial charge in [-0.15, -0.1) is 0 Å². The first-order valence-electron chi connectivity index (χ1n) is 6.28. The van der Waals surface area contributed by atoms with Gasteiger partial charge in [-0.25, -0.2) is 0 Å². The second kappa shape index (κ2) is 5.71.